The van der Waals surface area contributed by atoms with Gasteiger partial charge in [-0.05, 0) is 47.5 Å². The smallest absolute Gasteiger partial charge is 0.303 e. The summed E-state index contributed by atoms with van der Waals surface area (Å²) in [6, 6.07) is 5.09. The molecule has 0 saturated carbocycles. The first-order valence-electron chi connectivity index (χ1n) is 5.38. The molecule has 0 aliphatic heterocycles. The van der Waals surface area contributed by atoms with Gasteiger partial charge in [0.15, 0.2) is 0 Å². The molecule has 1 atom stereocenters. The van der Waals surface area contributed by atoms with Gasteiger partial charge >= 0.3 is 5.97 Å². The van der Waals surface area contributed by atoms with Gasteiger partial charge < -0.3 is 10.4 Å². The van der Waals surface area contributed by atoms with Crippen LogP contribution in [0.15, 0.2) is 27.1 Å². The third-order valence-corrected chi connectivity index (χ3v) is 3.49. The summed E-state index contributed by atoms with van der Waals surface area (Å²) in [5.41, 5.74) is 0.528. The Kier molecular flexibility index (Phi) is 5.81. The lowest BCUT2D eigenvalue weighted by molar-refractivity contribution is -0.137. The minimum absolute atomic E-state index is 0.0446. The second-order valence-corrected chi connectivity index (χ2v) is 5.70. The van der Waals surface area contributed by atoms with Gasteiger partial charge in [-0.25, -0.2) is 0 Å². The van der Waals surface area contributed by atoms with E-state index in [1.165, 1.54) is 0 Å². The highest BCUT2D eigenvalue weighted by molar-refractivity contribution is 9.11. The molecule has 6 heteroatoms. The molecule has 1 unspecified atom stereocenters. The quantitative estimate of drug-likeness (QED) is 0.826. The number of carboxylic acids is 1. The van der Waals surface area contributed by atoms with Gasteiger partial charge in [-0.2, -0.15) is 0 Å². The molecule has 0 radical (unpaired) electrons. The third-order valence-electron chi connectivity index (χ3n) is 2.34. The second-order valence-electron chi connectivity index (χ2n) is 3.93. The van der Waals surface area contributed by atoms with Gasteiger partial charge in [0.2, 0.25) is 0 Å². The van der Waals surface area contributed by atoms with Crippen LogP contribution in [0.1, 0.15) is 30.1 Å². The predicted octanol–water partition coefficient (Wildman–Crippen LogP) is 3.19. The molecule has 0 heterocycles. The van der Waals surface area contributed by atoms with Crippen molar-refractivity contribution in [3.05, 3.63) is 32.7 Å². The summed E-state index contributed by atoms with van der Waals surface area (Å²) < 4.78 is 1.57. The summed E-state index contributed by atoms with van der Waals surface area (Å²) >= 11 is 6.62. The lowest BCUT2D eigenvalue weighted by Gasteiger charge is -2.13. The van der Waals surface area contributed by atoms with Crippen LogP contribution < -0.4 is 5.32 Å². The Morgan fingerprint density at radius 1 is 1.39 bits per heavy atom. The van der Waals surface area contributed by atoms with Crippen LogP contribution in [-0.4, -0.2) is 23.0 Å². The monoisotopic (exact) mass is 377 g/mol. The molecule has 18 heavy (non-hydrogen) atoms. The maximum atomic E-state index is 11.9. The SMILES string of the molecule is CC(CCC(=O)O)NC(=O)c1ccc(Br)cc1Br. The predicted molar refractivity (Wildman–Crippen MR) is 75.6 cm³/mol. The van der Waals surface area contributed by atoms with E-state index in [0.29, 0.717) is 16.5 Å². The molecular formula is C12H13Br2NO3. The number of nitrogens with one attached hydrogen (secondary N) is 1. The first kappa shape index (κ1) is 15.2. The van der Waals surface area contributed by atoms with E-state index in [-0.39, 0.29) is 18.4 Å². The van der Waals surface area contributed by atoms with Crippen LogP contribution in [0.5, 0.6) is 0 Å². The van der Waals surface area contributed by atoms with Crippen molar-refractivity contribution in [2.75, 3.05) is 0 Å². The Morgan fingerprint density at radius 3 is 2.61 bits per heavy atom. The van der Waals surface area contributed by atoms with Gasteiger partial charge in [-0.15, -0.1) is 0 Å². The molecule has 0 saturated heterocycles. The van der Waals surface area contributed by atoms with E-state index in [0.717, 1.165) is 4.47 Å². The highest BCUT2D eigenvalue weighted by atomic mass is 79.9. The van der Waals surface area contributed by atoms with Crippen molar-refractivity contribution in [3.63, 3.8) is 0 Å². The number of carbonyl (C=O) groups excluding carboxylic acids is 1. The van der Waals surface area contributed by atoms with Crippen LogP contribution >= 0.6 is 31.9 Å². The summed E-state index contributed by atoms with van der Waals surface area (Å²) in [5, 5.41) is 11.3. The van der Waals surface area contributed by atoms with E-state index in [1.807, 2.05) is 0 Å². The Bertz CT molecular complexity index is 463. The minimum Gasteiger partial charge on any atom is -0.481 e. The first-order chi connectivity index (χ1) is 8.40. The van der Waals surface area contributed by atoms with E-state index in [1.54, 1.807) is 25.1 Å². The highest BCUT2D eigenvalue weighted by Gasteiger charge is 2.13. The topological polar surface area (TPSA) is 66.4 Å². The van der Waals surface area contributed by atoms with E-state index >= 15 is 0 Å². The van der Waals surface area contributed by atoms with Gasteiger partial charge in [-0.3, -0.25) is 9.59 Å². The van der Waals surface area contributed by atoms with Crippen molar-refractivity contribution in [3.8, 4) is 0 Å². The van der Waals surface area contributed by atoms with Crippen molar-refractivity contribution in [2.24, 2.45) is 0 Å². The first-order valence-corrected chi connectivity index (χ1v) is 6.96. The van der Waals surface area contributed by atoms with E-state index < -0.39 is 5.97 Å². The Labute approximate surface area is 122 Å². The molecule has 1 aromatic rings. The number of amides is 1. The normalized spacial score (nSPS) is 11.9. The average Bonchev–Trinajstić information content (AvgIpc) is 2.26. The van der Waals surface area contributed by atoms with Crippen LogP contribution in [0.2, 0.25) is 0 Å². The molecule has 0 aromatic heterocycles. The maximum Gasteiger partial charge on any atom is 0.303 e. The number of hydrogen-bond acceptors (Lipinski definition) is 2. The Hall–Kier alpha value is -0.880. The molecule has 4 nitrogen and oxygen atoms in total. The van der Waals surface area contributed by atoms with Crippen molar-refractivity contribution < 1.29 is 14.7 Å². The average molecular weight is 379 g/mol. The van der Waals surface area contributed by atoms with Gasteiger partial charge in [0, 0.05) is 21.4 Å². The highest BCUT2D eigenvalue weighted by Crippen LogP contribution is 2.22. The lowest BCUT2D eigenvalue weighted by Crippen LogP contribution is -2.33. The zero-order valence-corrected chi connectivity index (χ0v) is 12.9. The second kappa shape index (κ2) is 6.89. The van der Waals surface area contributed by atoms with E-state index in [2.05, 4.69) is 37.2 Å². The molecule has 1 aromatic carbocycles. The molecule has 0 aliphatic carbocycles. The molecule has 1 amide bonds. The fourth-order valence-electron chi connectivity index (χ4n) is 1.39. The Balaban J connectivity index is 2.62. The van der Waals surface area contributed by atoms with Gasteiger partial charge in [0.25, 0.3) is 5.91 Å². The fraction of sp³-hybridized carbons (Fsp3) is 0.333. The summed E-state index contributed by atoms with van der Waals surface area (Å²) in [6.45, 7) is 1.79. The van der Waals surface area contributed by atoms with E-state index in [9.17, 15) is 9.59 Å². The summed E-state index contributed by atoms with van der Waals surface area (Å²) in [6.07, 6.45) is 0.457. The molecule has 1 rings (SSSR count). The van der Waals surface area contributed by atoms with Crippen LogP contribution in [0.25, 0.3) is 0 Å². The van der Waals surface area contributed by atoms with Crippen molar-refractivity contribution in [1.29, 1.82) is 0 Å². The number of aliphatic carboxylic acids is 1. The number of benzene rings is 1. The summed E-state index contributed by atoms with van der Waals surface area (Å²) in [5.74, 6) is -1.08. The fourth-order valence-corrected chi connectivity index (χ4v) is 2.61. The minimum atomic E-state index is -0.860. The standard InChI is InChI=1S/C12H13Br2NO3/c1-7(2-5-11(16)17)15-12(18)9-4-3-8(13)6-10(9)14/h3-4,6-7H,2,5H2,1H3,(H,15,18)(H,16,17). The number of carbonyl (C=O) groups is 2. The Morgan fingerprint density at radius 2 is 2.06 bits per heavy atom. The number of hydrogen-bond donors (Lipinski definition) is 2. The maximum absolute atomic E-state index is 11.9. The molecule has 0 bridgehead atoms. The zero-order chi connectivity index (χ0) is 13.7. The lowest BCUT2D eigenvalue weighted by atomic mass is 10.1. The van der Waals surface area contributed by atoms with Crippen LogP contribution in [0.3, 0.4) is 0 Å². The molecule has 98 valence electrons. The third kappa shape index (κ3) is 4.78. The molecule has 2 N–H and O–H groups in total. The number of halogens is 2. The summed E-state index contributed by atoms with van der Waals surface area (Å²) in [7, 11) is 0. The zero-order valence-electron chi connectivity index (χ0n) is 9.74. The van der Waals surface area contributed by atoms with Crippen molar-refractivity contribution >= 4 is 43.7 Å². The van der Waals surface area contributed by atoms with Crippen LogP contribution in [0, 0.1) is 0 Å². The molecule has 0 fully saturated rings. The van der Waals surface area contributed by atoms with Crippen LogP contribution in [-0.2, 0) is 4.79 Å². The molecule has 0 aliphatic rings. The largest absolute Gasteiger partial charge is 0.481 e. The number of rotatable bonds is 5. The number of carboxylic acid groups (broad SMARTS) is 1. The molecule has 0 spiro atoms. The summed E-state index contributed by atoms with van der Waals surface area (Å²) in [4.78, 5) is 22.4. The van der Waals surface area contributed by atoms with Crippen LogP contribution in [0.4, 0.5) is 0 Å². The van der Waals surface area contributed by atoms with Gasteiger partial charge in [0.05, 0.1) is 5.56 Å². The van der Waals surface area contributed by atoms with Crippen molar-refractivity contribution in [2.45, 2.75) is 25.8 Å². The van der Waals surface area contributed by atoms with Gasteiger partial charge in [-0.1, -0.05) is 15.9 Å². The van der Waals surface area contributed by atoms with Crippen molar-refractivity contribution in [1.82, 2.24) is 5.32 Å². The van der Waals surface area contributed by atoms with Gasteiger partial charge in [0.1, 0.15) is 0 Å². The molecular weight excluding hydrogens is 366 g/mol. The van der Waals surface area contributed by atoms with E-state index in [4.69, 9.17) is 5.11 Å².